The van der Waals surface area contributed by atoms with Gasteiger partial charge in [-0.3, -0.25) is 0 Å². The maximum atomic E-state index is 13.5. The third-order valence-electron chi connectivity index (χ3n) is 6.89. The van der Waals surface area contributed by atoms with Crippen LogP contribution in [0.25, 0.3) is 0 Å². The van der Waals surface area contributed by atoms with Gasteiger partial charge in [-0.05, 0) is 97.4 Å². The average Bonchev–Trinajstić information content (AvgIpc) is 3.03. The fourth-order valence-corrected chi connectivity index (χ4v) is 4.18. The van der Waals surface area contributed by atoms with Crippen molar-refractivity contribution in [2.75, 3.05) is 13.1 Å². The van der Waals surface area contributed by atoms with Crippen molar-refractivity contribution in [2.45, 2.75) is 53.6 Å². The van der Waals surface area contributed by atoms with Gasteiger partial charge >= 0.3 is 0 Å². The summed E-state index contributed by atoms with van der Waals surface area (Å²) in [5.74, 6) is 2.23. The number of nitrogens with zero attached hydrogens (tertiary/aromatic N) is 2. The molecule has 0 aliphatic rings. The average molecular weight is 625 g/mol. The smallest absolute Gasteiger partial charge is 0.148 e. The minimum atomic E-state index is -0.573. The molecule has 46 heavy (non-hydrogen) atoms. The van der Waals surface area contributed by atoms with Crippen molar-refractivity contribution in [3.05, 3.63) is 119 Å². The molecule has 0 fully saturated rings. The van der Waals surface area contributed by atoms with E-state index in [1.165, 1.54) is 35.9 Å². The highest BCUT2D eigenvalue weighted by atomic mass is 19.1. The molecule has 0 aliphatic carbocycles. The number of rotatable bonds is 14. The monoisotopic (exact) mass is 624 g/mol. The van der Waals surface area contributed by atoms with Crippen LogP contribution in [0.2, 0.25) is 0 Å². The van der Waals surface area contributed by atoms with E-state index in [-0.39, 0.29) is 11.3 Å². The fraction of sp³-hybridized carbons (Fsp3) is 0.316. The SMILES string of the molecule is CC(C)CCNCc1ccc(Oc2cc(F)ccc2C#N)cc1.CC(C)CCNCc1ccc(Oc2ccc(C#N)c(F)c2)cc1. The molecule has 4 rings (SSSR count). The zero-order chi connectivity index (χ0) is 33.3. The van der Waals surface area contributed by atoms with Gasteiger partial charge in [-0.1, -0.05) is 52.0 Å². The van der Waals surface area contributed by atoms with Crippen LogP contribution >= 0.6 is 0 Å². The van der Waals surface area contributed by atoms with Gasteiger partial charge in [-0.25, -0.2) is 8.78 Å². The van der Waals surface area contributed by atoms with E-state index in [2.05, 4.69) is 38.3 Å². The molecule has 0 atom stereocenters. The molecular formula is C38H42F2N4O2. The molecule has 0 spiro atoms. The molecule has 0 unspecified atom stereocenters. The van der Waals surface area contributed by atoms with Crippen LogP contribution in [-0.2, 0) is 13.1 Å². The summed E-state index contributed by atoms with van der Waals surface area (Å²) in [6.45, 7) is 12.4. The van der Waals surface area contributed by atoms with E-state index in [1.54, 1.807) is 12.1 Å². The van der Waals surface area contributed by atoms with Crippen LogP contribution < -0.4 is 20.1 Å². The predicted octanol–water partition coefficient (Wildman–Crippen LogP) is 9.25. The van der Waals surface area contributed by atoms with Crippen LogP contribution in [0, 0.1) is 46.1 Å². The minimum absolute atomic E-state index is 0.0140. The van der Waals surface area contributed by atoms with Crippen molar-refractivity contribution in [3.63, 3.8) is 0 Å². The van der Waals surface area contributed by atoms with Crippen molar-refractivity contribution in [3.8, 4) is 35.1 Å². The van der Waals surface area contributed by atoms with Crippen molar-refractivity contribution in [1.29, 1.82) is 10.5 Å². The van der Waals surface area contributed by atoms with Crippen molar-refractivity contribution >= 4 is 0 Å². The lowest BCUT2D eigenvalue weighted by Gasteiger charge is -2.09. The Labute approximate surface area is 271 Å². The molecule has 2 N–H and O–H groups in total. The molecule has 0 bridgehead atoms. The molecule has 0 radical (unpaired) electrons. The van der Waals surface area contributed by atoms with Crippen molar-refractivity contribution in [2.24, 2.45) is 11.8 Å². The van der Waals surface area contributed by atoms with Gasteiger partial charge in [0.15, 0.2) is 0 Å². The van der Waals surface area contributed by atoms with Crippen molar-refractivity contribution < 1.29 is 18.3 Å². The molecule has 4 aromatic carbocycles. The summed E-state index contributed by atoms with van der Waals surface area (Å²) in [6, 6.07) is 27.1. The molecular weight excluding hydrogens is 582 g/mol. The maximum absolute atomic E-state index is 13.5. The zero-order valence-electron chi connectivity index (χ0n) is 26.9. The lowest BCUT2D eigenvalue weighted by atomic mass is 10.1. The molecule has 0 amide bonds. The largest absolute Gasteiger partial charge is 0.457 e. The molecule has 0 aromatic heterocycles. The maximum Gasteiger partial charge on any atom is 0.148 e. The Morgan fingerprint density at radius 1 is 0.609 bits per heavy atom. The summed E-state index contributed by atoms with van der Waals surface area (Å²) >= 11 is 0. The van der Waals surface area contributed by atoms with Gasteiger partial charge in [0.25, 0.3) is 0 Å². The Kier molecular flexibility index (Phi) is 14.7. The first-order valence-corrected chi connectivity index (χ1v) is 15.5. The van der Waals surface area contributed by atoms with Gasteiger partial charge in [0.2, 0.25) is 0 Å². The number of hydrogen-bond acceptors (Lipinski definition) is 6. The van der Waals surface area contributed by atoms with E-state index >= 15 is 0 Å². The Balaban J connectivity index is 0.000000250. The van der Waals surface area contributed by atoms with Crippen LogP contribution in [0.3, 0.4) is 0 Å². The summed E-state index contributed by atoms with van der Waals surface area (Å²) in [5, 5.41) is 24.5. The van der Waals surface area contributed by atoms with Gasteiger partial charge in [0, 0.05) is 25.2 Å². The Bertz CT molecular complexity index is 1590. The standard InChI is InChI=1S/2C19H21FN2O/c1-14(2)9-10-22-13-15-3-7-18(8-4-15)23-19-11-17(20)6-5-16(19)12-21;1-14(2)9-10-22-13-15-3-6-17(7-4-15)23-18-8-5-16(12-21)19(20)11-18/h2*3-8,11,14,22H,9-10,13H2,1-2H3. The van der Waals surface area contributed by atoms with Crippen LogP contribution in [0.1, 0.15) is 62.8 Å². The van der Waals surface area contributed by atoms with E-state index in [0.29, 0.717) is 34.6 Å². The van der Waals surface area contributed by atoms with Crippen LogP contribution in [0.4, 0.5) is 8.78 Å². The lowest BCUT2D eigenvalue weighted by Crippen LogP contribution is -2.16. The van der Waals surface area contributed by atoms with Crippen molar-refractivity contribution in [1.82, 2.24) is 10.6 Å². The second-order valence-corrected chi connectivity index (χ2v) is 11.7. The number of nitriles is 2. The highest BCUT2D eigenvalue weighted by molar-refractivity contribution is 5.45. The summed E-state index contributed by atoms with van der Waals surface area (Å²) in [4.78, 5) is 0. The molecule has 8 heteroatoms. The molecule has 6 nitrogen and oxygen atoms in total. The fourth-order valence-electron chi connectivity index (χ4n) is 4.18. The van der Waals surface area contributed by atoms with E-state index in [9.17, 15) is 8.78 Å². The number of halogens is 2. The predicted molar refractivity (Wildman–Crippen MR) is 178 cm³/mol. The normalized spacial score (nSPS) is 10.6. The minimum Gasteiger partial charge on any atom is -0.457 e. The summed E-state index contributed by atoms with van der Waals surface area (Å²) in [5.41, 5.74) is 2.65. The number of hydrogen-bond donors (Lipinski definition) is 2. The first-order valence-electron chi connectivity index (χ1n) is 15.5. The van der Waals surface area contributed by atoms with Gasteiger partial charge in [-0.2, -0.15) is 10.5 Å². The first-order chi connectivity index (χ1) is 22.2. The Hall–Kier alpha value is -4.76. The van der Waals surface area contributed by atoms with E-state index < -0.39 is 11.6 Å². The summed E-state index contributed by atoms with van der Waals surface area (Å²) in [7, 11) is 0. The Morgan fingerprint density at radius 2 is 1.09 bits per heavy atom. The van der Waals surface area contributed by atoms with Gasteiger partial charge in [0.05, 0.1) is 11.1 Å². The van der Waals surface area contributed by atoms with E-state index in [0.717, 1.165) is 44.6 Å². The van der Waals surface area contributed by atoms with E-state index in [1.807, 2.05) is 54.6 Å². The van der Waals surface area contributed by atoms with Crippen LogP contribution in [0.15, 0.2) is 84.9 Å². The summed E-state index contributed by atoms with van der Waals surface area (Å²) in [6.07, 6.45) is 2.31. The lowest BCUT2D eigenvalue weighted by molar-refractivity contribution is 0.474. The van der Waals surface area contributed by atoms with Crippen LogP contribution in [0.5, 0.6) is 23.0 Å². The molecule has 240 valence electrons. The third kappa shape index (κ3) is 12.7. The first kappa shape index (κ1) is 35.7. The van der Waals surface area contributed by atoms with Gasteiger partial charge in [0.1, 0.15) is 46.8 Å². The molecule has 0 heterocycles. The molecule has 4 aromatic rings. The third-order valence-corrected chi connectivity index (χ3v) is 6.89. The second kappa shape index (κ2) is 18.9. The number of ether oxygens (including phenoxy) is 2. The van der Waals surface area contributed by atoms with E-state index in [4.69, 9.17) is 20.0 Å². The number of nitrogens with one attached hydrogen (secondary N) is 2. The summed E-state index contributed by atoms with van der Waals surface area (Å²) < 4.78 is 38.0. The van der Waals surface area contributed by atoms with Gasteiger partial charge in [-0.15, -0.1) is 0 Å². The molecule has 0 saturated carbocycles. The topological polar surface area (TPSA) is 90.1 Å². The highest BCUT2D eigenvalue weighted by Crippen LogP contribution is 2.26. The zero-order valence-corrected chi connectivity index (χ0v) is 26.9. The molecule has 0 saturated heterocycles. The number of benzene rings is 4. The second-order valence-electron chi connectivity index (χ2n) is 11.7. The molecule has 0 aliphatic heterocycles. The van der Waals surface area contributed by atoms with Crippen LogP contribution in [-0.4, -0.2) is 13.1 Å². The highest BCUT2D eigenvalue weighted by Gasteiger charge is 2.07. The van der Waals surface area contributed by atoms with Gasteiger partial charge < -0.3 is 20.1 Å². The quantitative estimate of drug-likeness (QED) is 0.136. The Morgan fingerprint density at radius 3 is 1.57 bits per heavy atom.